The first-order valence-corrected chi connectivity index (χ1v) is 7.93. The van der Waals surface area contributed by atoms with Crippen LogP contribution < -0.4 is 14.8 Å². The van der Waals surface area contributed by atoms with Crippen LogP contribution in [0.15, 0.2) is 16.6 Å². The lowest BCUT2D eigenvalue weighted by molar-refractivity contribution is -0.133. The van der Waals surface area contributed by atoms with Gasteiger partial charge in [0.25, 0.3) is 5.91 Å². The van der Waals surface area contributed by atoms with Crippen LogP contribution in [-0.4, -0.2) is 49.3 Å². The molecule has 0 unspecified atom stereocenters. The number of thioether (sulfide) groups is 1. The molecule has 0 saturated heterocycles. The highest BCUT2D eigenvalue weighted by molar-refractivity contribution is 9.10. The number of methoxy groups -OCH3 is 2. The number of halogens is 1. The molecule has 21 heavy (non-hydrogen) atoms. The molecule has 2 N–H and O–H groups in total. The van der Waals surface area contributed by atoms with Crippen LogP contribution in [0.1, 0.15) is 10.4 Å². The van der Waals surface area contributed by atoms with Crippen LogP contribution in [0.2, 0.25) is 0 Å². The lowest BCUT2D eigenvalue weighted by atomic mass is 10.2. The molecule has 1 aromatic carbocycles. The molecule has 1 rings (SSSR count). The second kappa shape index (κ2) is 8.78. The van der Waals surface area contributed by atoms with Crippen molar-refractivity contribution in [3.63, 3.8) is 0 Å². The molecule has 0 atom stereocenters. The Morgan fingerprint density at radius 1 is 1.29 bits per heavy atom. The van der Waals surface area contributed by atoms with E-state index in [1.165, 1.54) is 26.0 Å². The molecule has 0 aliphatic carbocycles. The van der Waals surface area contributed by atoms with E-state index in [0.29, 0.717) is 33.8 Å². The summed E-state index contributed by atoms with van der Waals surface area (Å²) in [6.07, 6.45) is 0. The summed E-state index contributed by atoms with van der Waals surface area (Å²) in [6.45, 7) is 0.386. The molecule has 6 nitrogen and oxygen atoms in total. The highest BCUT2D eigenvalue weighted by Crippen LogP contribution is 2.35. The Balaban J connectivity index is 2.63. The number of carbonyl (C=O) groups excluding carboxylic acids is 1. The molecule has 0 fully saturated rings. The predicted molar refractivity (Wildman–Crippen MR) is 84.5 cm³/mol. The molecule has 8 heteroatoms. The summed E-state index contributed by atoms with van der Waals surface area (Å²) >= 11 is 4.58. The molecule has 0 aliphatic heterocycles. The number of benzene rings is 1. The Bertz CT molecular complexity index is 498. The second-order valence-corrected chi connectivity index (χ2v) is 5.80. The molecular formula is C13H16BrNO5S. The first-order valence-electron chi connectivity index (χ1n) is 5.98. The second-order valence-electron chi connectivity index (χ2n) is 3.90. The first kappa shape index (κ1) is 17.6. The van der Waals surface area contributed by atoms with Gasteiger partial charge in [-0.05, 0) is 28.1 Å². The van der Waals surface area contributed by atoms with Gasteiger partial charge in [-0.2, -0.15) is 0 Å². The minimum atomic E-state index is -0.867. The van der Waals surface area contributed by atoms with Gasteiger partial charge in [0, 0.05) is 17.9 Å². The van der Waals surface area contributed by atoms with E-state index in [4.69, 9.17) is 14.6 Å². The third-order valence-electron chi connectivity index (χ3n) is 2.47. The largest absolute Gasteiger partial charge is 0.495 e. The van der Waals surface area contributed by atoms with Crippen molar-refractivity contribution < 1.29 is 24.2 Å². The topological polar surface area (TPSA) is 84.9 Å². The Morgan fingerprint density at radius 2 is 1.86 bits per heavy atom. The van der Waals surface area contributed by atoms with Crippen molar-refractivity contribution >= 4 is 39.6 Å². The van der Waals surface area contributed by atoms with E-state index in [1.54, 1.807) is 12.1 Å². The van der Waals surface area contributed by atoms with Gasteiger partial charge in [0.1, 0.15) is 16.0 Å². The van der Waals surface area contributed by atoms with Crippen LogP contribution in [0.25, 0.3) is 0 Å². The Morgan fingerprint density at radius 3 is 2.33 bits per heavy atom. The summed E-state index contributed by atoms with van der Waals surface area (Å²) in [5.74, 6) is 0.418. The van der Waals surface area contributed by atoms with Gasteiger partial charge in [0.05, 0.1) is 20.0 Å². The molecule has 0 saturated carbocycles. The Kier molecular flexibility index (Phi) is 7.38. The van der Waals surface area contributed by atoms with E-state index in [9.17, 15) is 9.59 Å². The van der Waals surface area contributed by atoms with Crippen LogP contribution in [0.3, 0.4) is 0 Å². The maximum atomic E-state index is 12.0. The number of carboxylic acid groups (broad SMARTS) is 1. The van der Waals surface area contributed by atoms with E-state index in [2.05, 4.69) is 21.2 Å². The molecule has 1 amide bonds. The summed E-state index contributed by atoms with van der Waals surface area (Å²) in [5, 5.41) is 11.2. The zero-order chi connectivity index (χ0) is 15.8. The number of carboxylic acids is 1. The number of rotatable bonds is 8. The van der Waals surface area contributed by atoms with Crippen LogP contribution in [-0.2, 0) is 4.79 Å². The van der Waals surface area contributed by atoms with Gasteiger partial charge in [0.15, 0.2) is 0 Å². The van der Waals surface area contributed by atoms with Crippen LogP contribution in [0.4, 0.5) is 0 Å². The lowest BCUT2D eigenvalue weighted by Crippen LogP contribution is -2.26. The Hall–Kier alpha value is -1.41. The minimum Gasteiger partial charge on any atom is -0.495 e. The van der Waals surface area contributed by atoms with E-state index in [1.807, 2.05) is 0 Å². The highest BCUT2D eigenvalue weighted by Gasteiger charge is 2.14. The molecule has 0 heterocycles. The van der Waals surface area contributed by atoms with E-state index >= 15 is 0 Å². The molecule has 0 spiro atoms. The average Bonchev–Trinajstić information content (AvgIpc) is 2.46. The number of carbonyl (C=O) groups is 2. The monoisotopic (exact) mass is 377 g/mol. The lowest BCUT2D eigenvalue weighted by Gasteiger charge is -2.11. The fourth-order valence-electron chi connectivity index (χ4n) is 1.50. The SMILES string of the molecule is COc1cc(C(=O)NCCSCC(=O)O)cc(OC)c1Br. The first-order chi connectivity index (χ1) is 9.99. The van der Waals surface area contributed by atoms with Gasteiger partial charge in [-0.3, -0.25) is 9.59 Å². The van der Waals surface area contributed by atoms with Crippen LogP contribution in [0.5, 0.6) is 11.5 Å². The third-order valence-corrected chi connectivity index (χ3v) is 4.19. The summed E-state index contributed by atoms with van der Waals surface area (Å²) in [7, 11) is 3.01. The molecule has 0 aliphatic rings. The van der Waals surface area contributed by atoms with E-state index in [0.717, 1.165) is 0 Å². The van der Waals surface area contributed by atoms with Crippen molar-refractivity contribution in [2.45, 2.75) is 0 Å². The predicted octanol–water partition coefficient (Wildman–Crippen LogP) is 2.01. The van der Waals surface area contributed by atoms with Gasteiger partial charge < -0.3 is 19.9 Å². The zero-order valence-corrected chi connectivity index (χ0v) is 14.0. The molecule has 116 valence electrons. The number of ether oxygens (including phenoxy) is 2. The van der Waals surface area contributed by atoms with E-state index in [-0.39, 0.29) is 11.7 Å². The van der Waals surface area contributed by atoms with Crippen molar-refractivity contribution in [2.75, 3.05) is 32.3 Å². The average molecular weight is 378 g/mol. The number of hydrogen-bond acceptors (Lipinski definition) is 5. The summed E-state index contributed by atoms with van der Waals surface area (Å²) in [5.41, 5.74) is 0.412. The quantitative estimate of drug-likeness (QED) is 0.674. The maximum absolute atomic E-state index is 12.0. The van der Waals surface area contributed by atoms with Gasteiger partial charge >= 0.3 is 5.97 Å². The summed E-state index contributed by atoms with van der Waals surface area (Å²) in [6, 6.07) is 3.21. The molecular weight excluding hydrogens is 362 g/mol. The molecule has 1 aromatic rings. The van der Waals surface area contributed by atoms with Crippen molar-refractivity contribution in [1.82, 2.24) is 5.32 Å². The normalized spacial score (nSPS) is 10.0. The van der Waals surface area contributed by atoms with Crippen molar-refractivity contribution in [1.29, 1.82) is 0 Å². The molecule has 0 bridgehead atoms. The van der Waals surface area contributed by atoms with Gasteiger partial charge in [-0.1, -0.05) is 0 Å². The van der Waals surface area contributed by atoms with Crippen molar-refractivity contribution in [2.24, 2.45) is 0 Å². The number of amides is 1. The van der Waals surface area contributed by atoms with E-state index < -0.39 is 5.97 Å². The van der Waals surface area contributed by atoms with Crippen molar-refractivity contribution in [3.8, 4) is 11.5 Å². The Labute approximate surface area is 135 Å². The smallest absolute Gasteiger partial charge is 0.313 e. The van der Waals surface area contributed by atoms with Crippen LogP contribution >= 0.6 is 27.7 Å². The standard InChI is InChI=1S/C13H16BrNO5S/c1-19-9-5-8(6-10(20-2)12(9)14)13(18)15-3-4-21-7-11(16)17/h5-6H,3-4,7H2,1-2H3,(H,15,18)(H,16,17). The fourth-order valence-corrected chi connectivity index (χ4v) is 2.62. The van der Waals surface area contributed by atoms with Gasteiger partial charge in [0.2, 0.25) is 0 Å². The summed E-state index contributed by atoms with van der Waals surface area (Å²) < 4.78 is 11.0. The van der Waals surface area contributed by atoms with Crippen LogP contribution in [0, 0.1) is 0 Å². The third kappa shape index (κ3) is 5.47. The summed E-state index contributed by atoms with van der Waals surface area (Å²) in [4.78, 5) is 22.4. The zero-order valence-electron chi connectivity index (χ0n) is 11.6. The number of nitrogens with one attached hydrogen (secondary N) is 1. The van der Waals surface area contributed by atoms with Crippen molar-refractivity contribution in [3.05, 3.63) is 22.2 Å². The van der Waals surface area contributed by atoms with Gasteiger partial charge in [-0.15, -0.1) is 11.8 Å². The highest BCUT2D eigenvalue weighted by atomic mass is 79.9. The van der Waals surface area contributed by atoms with Gasteiger partial charge in [-0.25, -0.2) is 0 Å². The number of aliphatic carboxylic acids is 1. The maximum Gasteiger partial charge on any atom is 0.313 e. The molecule has 0 radical (unpaired) electrons. The fraction of sp³-hybridized carbons (Fsp3) is 0.385. The number of hydrogen-bond donors (Lipinski definition) is 2. The molecule has 0 aromatic heterocycles. The minimum absolute atomic E-state index is 0.0236.